The van der Waals surface area contributed by atoms with Gasteiger partial charge in [0, 0.05) is 12.6 Å². The van der Waals surface area contributed by atoms with E-state index >= 15 is 0 Å². The quantitative estimate of drug-likeness (QED) is 0.197. The normalized spacial score (nSPS) is 18.8. The van der Waals surface area contributed by atoms with Crippen LogP contribution >= 0.6 is 0 Å². The molecule has 200 valence electrons. The van der Waals surface area contributed by atoms with Crippen LogP contribution in [0.2, 0.25) is 0 Å². The number of ether oxygens (including phenoxy) is 1. The number of nitrogens with zero attached hydrogens (tertiary/aromatic N) is 1. The first kappa shape index (κ1) is 29.8. The first-order chi connectivity index (χ1) is 17.3. The van der Waals surface area contributed by atoms with Crippen molar-refractivity contribution in [3.8, 4) is 0 Å². The molecule has 1 N–H and O–H groups in total. The molecule has 0 aromatic heterocycles. The summed E-state index contributed by atoms with van der Waals surface area (Å²) in [7, 11) is 0. The van der Waals surface area contributed by atoms with E-state index in [2.05, 4.69) is 23.5 Å². The Kier molecular flexibility index (Phi) is 10.2. The van der Waals surface area contributed by atoms with E-state index in [9.17, 15) is 31.1 Å². The first-order valence-electron chi connectivity index (χ1n) is 11.3. The summed E-state index contributed by atoms with van der Waals surface area (Å²) in [6.07, 6.45) is -3.84. The maximum absolute atomic E-state index is 13.4. The molecular formula is C27H28F6N2O2. The van der Waals surface area contributed by atoms with E-state index in [0.717, 1.165) is 6.08 Å². The Morgan fingerprint density at radius 3 is 2.41 bits per heavy atom. The number of hydrogen-bond donors (Lipinski definition) is 1. The molecule has 4 nitrogen and oxygen atoms in total. The van der Waals surface area contributed by atoms with Gasteiger partial charge in [-0.15, -0.1) is 6.58 Å². The van der Waals surface area contributed by atoms with Crippen molar-refractivity contribution in [2.75, 3.05) is 6.61 Å². The number of rotatable bonds is 11. The summed E-state index contributed by atoms with van der Waals surface area (Å²) in [5, 5.41) is 2.44. The van der Waals surface area contributed by atoms with E-state index < -0.39 is 35.5 Å². The van der Waals surface area contributed by atoms with Gasteiger partial charge in [0.2, 0.25) is 5.91 Å². The predicted molar refractivity (Wildman–Crippen MR) is 131 cm³/mol. The van der Waals surface area contributed by atoms with Crippen LogP contribution in [0.25, 0.3) is 0 Å². The molecule has 10 heteroatoms. The van der Waals surface area contributed by atoms with Crippen LogP contribution < -0.4 is 5.32 Å². The highest BCUT2D eigenvalue weighted by Crippen LogP contribution is 2.37. The van der Waals surface area contributed by atoms with Gasteiger partial charge in [0.05, 0.1) is 24.2 Å². The summed E-state index contributed by atoms with van der Waals surface area (Å²) in [4.78, 5) is 16.2. The number of nitrogens with one attached hydrogen (secondary N) is 1. The molecule has 0 heterocycles. The number of amides is 1. The summed E-state index contributed by atoms with van der Waals surface area (Å²) < 4.78 is 86.2. The smallest absolute Gasteiger partial charge is 0.371 e. The molecular weight excluding hydrogens is 498 g/mol. The molecule has 1 amide bonds. The summed E-state index contributed by atoms with van der Waals surface area (Å²) in [6.45, 7) is 8.38. The Bertz CT molecular complexity index is 1070. The van der Waals surface area contributed by atoms with Crippen LogP contribution in [-0.2, 0) is 15.1 Å². The summed E-state index contributed by atoms with van der Waals surface area (Å²) in [6, 6.07) is 8.75. The molecule has 37 heavy (non-hydrogen) atoms. The zero-order valence-corrected chi connectivity index (χ0v) is 20.1. The van der Waals surface area contributed by atoms with Crippen molar-refractivity contribution in [3.05, 3.63) is 96.8 Å². The fraction of sp³-hybridized carbons (Fsp3) is 0.333. The maximum atomic E-state index is 13.4. The van der Waals surface area contributed by atoms with Crippen molar-refractivity contribution in [3.63, 3.8) is 0 Å². The van der Waals surface area contributed by atoms with Crippen LogP contribution in [0.3, 0.4) is 0 Å². The summed E-state index contributed by atoms with van der Waals surface area (Å²) in [5.41, 5.74) is -2.04. The van der Waals surface area contributed by atoms with Gasteiger partial charge in [-0.2, -0.15) is 26.3 Å². The van der Waals surface area contributed by atoms with Crippen molar-refractivity contribution in [2.24, 2.45) is 10.9 Å². The number of carbonyl (C=O) groups is 1. The lowest BCUT2D eigenvalue weighted by molar-refractivity contribution is -0.149. The summed E-state index contributed by atoms with van der Waals surface area (Å²) >= 11 is 0. The van der Waals surface area contributed by atoms with E-state index in [1.54, 1.807) is 30.3 Å². The first-order valence-corrected chi connectivity index (χ1v) is 11.3. The second-order valence-corrected chi connectivity index (χ2v) is 8.26. The number of hydrogen-bond acceptors (Lipinski definition) is 3. The fourth-order valence-corrected chi connectivity index (χ4v) is 3.49. The zero-order chi connectivity index (χ0) is 27.7. The van der Waals surface area contributed by atoms with E-state index in [-0.39, 0.29) is 30.9 Å². The molecule has 0 fully saturated rings. The number of carbonyl (C=O) groups excluding carboxylic acids is 1. The van der Waals surface area contributed by atoms with Gasteiger partial charge in [0.15, 0.2) is 0 Å². The second-order valence-electron chi connectivity index (χ2n) is 8.26. The second kappa shape index (κ2) is 12.7. The largest absolute Gasteiger partial charge is 0.416 e. The average Bonchev–Trinajstić information content (AvgIpc) is 3.08. The molecule has 0 spiro atoms. The molecule has 0 saturated carbocycles. The molecule has 0 bridgehead atoms. The number of alkyl halides is 6. The monoisotopic (exact) mass is 526 g/mol. The van der Waals surface area contributed by atoms with Crippen molar-refractivity contribution < 1.29 is 35.9 Å². The minimum Gasteiger partial charge on any atom is -0.371 e. The Hall–Kier alpha value is -3.40. The topological polar surface area (TPSA) is 50.7 Å². The van der Waals surface area contributed by atoms with Crippen LogP contribution in [0.5, 0.6) is 0 Å². The zero-order valence-electron chi connectivity index (χ0n) is 20.1. The fourth-order valence-electron chi connectivity index (χ4n) is 3.49. The van der Waals surface area contributed by atoms with Gasteiger partial charge in [-0.3, -0.25) is 9.79 Å². The standard InChI is InChI=1S/C27H28F6N2O2/c1-4-25(21-10-7-6-8-11-21,35-15-9-12-24(36)34-5-2)18-37-19(3)20-16-22(26(28,29)30)13-14-23(17-20)27(31,32)33/h4-8,10-11,13-17,19,22H,1-2,9,12,18H2,3H3,(H,34,36)/t19-,22?,25-/m1/s1. The number of halogens is 6. The van der Waals surface area contributed by atoms with Gasteiger partial charge in [-0.25, -0.2) is 0 Å². The highest BCUT2D eigenvalue weighted by molar-refractivity contribution is 5.79. The molecule has 0 radical (unpaired) electrons. The number of aliphatic imine (C=N–C) groups is 1. The van der Waals surface area contributed by atoms with Crippen molar-refractivity contribution >= 4 is 12.1 Å². The Balaban J connectivity index is 2.34. The molecule has 1 unspecified atom stereocenters. The molecule has 1 aliphatic rings. The van der Waals surface area contributed by atoms with Crippen LogP contribution in [0.4, 0.5) is 26.3 Å². The molecule has 1 aromatic rings. The minimum atomic E-state index is -4.84. The maximum Gasteiger partial charge on any atom is 0.416 e. The van der Waals surface area contributed by atoms with Crippen LogP contribution in [0, 0.1) is 5.92 Å². The average molecular weight is 527 g/mol. The molecule has 0 saturated heterocycles. The lowest BCUT2D eigenvalue weighted by atomic mass is 9.91. The van der Waals surface area contributed by atoms with Crippen LogP contribution in [0.15, 0.2) is 96.2 Å². The van der Waals surface area contributed by atoms with Crippen LogP contribution in [0.1, 0.15) is 25.3 Å². The third-order valence-corrected chi connectivity index (χ3v) is 5.60. The number of benzene rings is 1. The lowest BCUT2D eigenvalue weighted by Crippen LogP contribution is -2.30. The van der Waals surface area contributed by atoms with Gasteiger partial charge in [0.25, 0.3) is 0 Å². The molecule has 2 rings (SSSR count). The van der Waals surface area contributed by atoms with E-state index in [0.29, 0.717) is 23.8 Å². The van der Waals surface area contributed by atoms with Gasteiger partial charge in [-0.1, -0.05) is 61.2 Å². The number of allylic oxidation sites excluding steroid dienone is 4. The van der Waals surface area contributed by atoms with Gasteiger partial charge in [0.1, 0.15) is 5.54 Å². The van der Waals surface area contributed by atoms with Crippen LogP contribution in [-0.4, -0.2) is 37.2 Å². The van der Waals surface area contributed by atoms with Crippen molar-refractivity contribution in [1.29, 1.82) is 0 Å². The third kappa shape index (κ3) is 8.59. The van der Waals surface area contributed by atoms with Gasteiger partial charge < -0.3 is 10.1 Å². The third-order valence-electron chi connectivity index (χ3n) is 5.60. The molecule has 1 aliphatic carbocycles. The van der Waals surface area contributed by atoms with Gasteiger partial charge in [-0.05, 0) is 36.8 Å². The van der Waals surface area contributed by atoms with Gasteiger partial charge >= 0.3 is 12.4 Å². The van der Waals surface area contributed by atoms with E-state index in [1.807, 2.05) is 0 Å². The lowest BCUT2D eigenvalue weighted by Gasteiger charge is -2.29. The summed E-state index contributed by atoms with van der Waals surface area (Å²) in [5.74, 6) is -2.47. The highest BCUT2D eigenvalue weighted by atomic mass is 19.4. The Morgan fingerprint density at radius 1 is 1.16 bits per heavy atom. The highest BCUT2D eigenvalue weighted by Gasteiger charge is 2.40. The van der Waals surface area contributed by atoms with Crippen molar-refractivity contribution in [2.45, 2.75) is 43.8 Å². The van der Waals surface area contributed by atoms with Crippen molar-refractivity contribution in [1.82, 2.24) is 5.32 Å². The van der Waals surface area contributed by atoms with E-state index in [1.165, 1.54) is 25.4 Å². The SMILES string of the molecule is C=CNC(=O)CCC=N[C@](C=C)(CO[C@H](C)C1=CC(C(F)(F)F)C=CC(C(F)(F)F)=C1)c1ccccc1. The Morgan fingerprint density at radius 2 is 1.84 bits per heavy atom. The Labute approximate surface area is 211 Å². The minimum absolute atomic E-state index is 0.124. The molecule has 3 atom stereocenters. The molecule has 1 aromatic carbocycles. The molecule has 0 aliphatic heterocycles. The van der Waals surface area contributed by atoms with E-state index in [4.69, 9.17) is 4.74 Å². The predicted octanol–water partition coefficient (Wildman–Crippen LogP) is 6.75.